The van der Waals surface area contributed by atoms with Gasteiger partial charge in [0.15, 0.2) is 5.82 Å². The van der Waals surface area contributed by atoms with Crippen molar-refractivity contribution in [2.24, 2.45) is 12.0 Å². The minimum absolute atomic E-state index is 0.0937. The Morgan fingerprint density at radius 2 is 2.07 bits per heavy atom. The van der Waals surface area contributed by atoms with Gasteiger partial charge in [0, 0.05) is 69.5 Å². The first-order chi connectivity index (χ1) is 22.3. The highest BCUT2D eigenvalue weighted by atomic mass is 16.5. The molecule has 1 N–H and O–H groups in total. The Kier molecular flexibility index (Phi) is 9.11. The highest BCUT2D eigenvalue weighted by Gasteiger charge is 2.32. The number of piperazine rings is 1. The van der Waals surface area contributed by atoms with Gasteiger partial charge in [-0.15, -0.1) is 0 Å². The molecule has 46 heavy (non-hydrogen) atoms. The van der Waals surface area contributed by atoms with Gasteiger partial charge >= 0.3 is 0 Å². The van der Waals surface area contributed by atoms with Gasteiger partial charge in [-0.1, -0.05) is 12.7 Å². The fourth-order valence-corrected chi connectivity index (χ4v) is 6.07. The summed E-state index contributed by atoms with van der Waals surface area (Å²) in [5.41, 5.74) is 5.30. The van der Waals surface area contributed by atoms with E-state index in [-0.39, 0.29) is 11.9 Å². The third kappa shape index (κ3) is 6.79. The van der Waals surface area contributed by atoms with E-state index in [9.17, 15) is 4.79 Å². The summed E-state index contributed by atoms with van der Waals surface area (Å²) in [7, 11) is 5.92. The van der Waals surface area contributed by atoms with Crippen molar-refractivity contribution in [3.05, 3.63) is 90.5 Å². The molecule has 4 aromatic rings. The Bertz CT molecular complexity index is 1860. The Hall–Kier alpha value is -5.03. The second-order valence-corrected chi connectivity index (χ2v) is 12.1. The molecule has 0 radical (unpaired) electrons. The van der Waals surface area contributed by atoms with E-state index in [2.05, 4.69) is 37.8 Å². The maximum absolute atomic E-state index is 13.0. The molecule has 6 rings (SSSR count). The number of pyridine rings is 2. The van der Waals surface area contributed by atoms with Crippen LogP contribution in [0.2, 0.25) is 0 Å². The lowest BCUT2D eigenvalue weighted by atomic mass is 9.97. The van der Waals surface area contributed by atoms with E-state index in [1.165, 1.54) is 11.8 Å². The predicted molar refractivity (Wildman–Crippen MR) is 181 cm³/mol. The number of rotatable bonds is 8. The second-order valence-electron chi connectivity index (χ2n) is 12.1. The van der Waals surface area contributed by atoms with Crippen molar-refractivity contribution in [3.63, 3.8) is 0 Å². The maximum atomic E-state index is 13.0. The zero-order chi connectivity index (χ0) is 32.2. The molecular formula is C35H41N9O2. The first-order valence-corrected chi connectivity index (χ1v) is 15.7. The number of aryl methyl sites for hydroxylation is 3. The van der Waals surface area contributed by atoms with E-state index in [1.54, 1.807) is 12.4 Å². The van der Waals surface area contributed by atoms with Crippen LogP contribution in [0, 0.1) is 6.92 Å². The van der Waals surface area contributed by atoms with Gasteiger partial charge in [-0.25, -0.2) is 19.9 Å². The van der Waals surface area contributed by atoms with Gasteiger partial charge in [0.2, 0.25) is 5.91 Å². The number of benzene rings is 1. The van der Waals surface area contributed by atoms with Crippen molar-refractivity contribution in [1.29, 1.82) is 0 Å². The minimum Gasteiger partial charge on any atom is -0.457 e. The zero-order valence-corrected chi connectivity index (χ0v) is 27.0. The molecule has 1 fully saturated rings. The van der Waals surface area contributed by atoms with Crippen LogP contribution in [-0.2, 0) is 18.3 Å². The van der Waals surface area contributed by atoms with Crippen LogP contribution in [0.5, 0.6) is 11.5 Å². The third-order valence-corrected chi connectivity index (χ3v) is 8.43. The number of hydrogen-bond donors (Lipinski definition) is 1. The highest BCUT2D eigenvalue weighted by molar-refractivity contribution is 5.90. The molecule has 3 aromatic heterocycles. The Labute approximate surface area is 269 Å². The molecule has 5 heterocycles. The third-order valence-electron chi connectivity index (χ3n) is 8.43. The van der Waals surface area contributed by atoms with Crippen molar-refractivity contribution in [3.8, 4) is 11.5 Å². The summed E-state index contributed by atoms with van der Waals surface area (Å²) in [6.07, 6.45) is 11.5. The molecule has 0 aliphatic carbocycles. The number of nitrogens with zero attached hydrogens (tertiary/aromatic N) is 8. The van der Waals surface area contributed by atoms with Gasteiger partial charge in [0.25, 0.3) is 0 Å². The van der Waals surface area contributed by atoms with Crippen molar-refractivity contribution in [1.82, 2.24) is 29.3 Å². The van der Waals surface area contributed by atoms with Crippen molar-refractivity contribution < 1.29 is 9.53 Å². The Morgan fingerprint density at radius 1 is 1.20 bits per heavy atom. The second kappa shape index (κ2) is 13.5. The molecule has 0 saturated carbocycles. The molecule has 2 aliphatic rings. The molecule has 0 spiro atoms. The Balaban J connectivity index is 1.22. The summed E-state index contributed by atoms with van der Waals surface area (Å²) < 4.78 is 8.09. The molecular weight excluding hydrogens is 578 g/mol. The van der Waals surface area contributed by atoms with E-state index >= 15 is 0 Å². The van der Waals surface area contributed by atoms with E-state index in [4.69, 9.17) is 9.72 Å². The van der Waals surface area contributed by atoms with Crippen LogP contribution in [0.1, 0.15) is 24.0 Å². The lowest BCUT2D eigenvalue weighted by Crippen LogP contribution is -2.55. The van der Waals surface area contributed by atoms with Crippen LogP contribution in [-0.4, -0.2) is 81.5 Å². The number of ether oxygens (including phenoxy) is 1. The molecule has 11 heteroatoms. The van der Waals surface area contributed by atoms with Gasteiger partial charge in [0.1, 0.15) is 34.6 Å². The summed E-state index contributed by atoms with van der Waals surface area (Å²) in [5.74, 6) is 3.14. The normalized spacial score (nSPS) is 16.8. The van der Waals surface area contributed by atoms with Crippen molar-refractivity contribution in [2.75, 3.05) is 50.5 Å². The molecule has 11 nitrogen and oxygen atoms in total. The lowest BCUT2D eigenvalue weighted by molar-refractivity contribution is -0.128. The molecule has 1 saturated heterocycles. The maximum Gasteiger partial charge on any atom is 0.246 e. The number of nitrogens with one attached hydrogen (secondary N) is 1. The average molecular weight is 620 g/mol. The monoisotopic (exact) mass is 619 g/mol. The SMILES string of the molecule is C=CN=c1cc(Oc2ccc(Nc3ncnc4cc5c(nc34)N3CCN(C(=O)/C=C/CN(C)C)C(CCC5)C3)cc2C)ccn1C. The number of carbonyl (C=O) groups excluding carboxylic acids is 1. The largest absolute Gasteiger partial charge is 0.457 e. The van der Waals surface area contributed by atoms with Gasteiger partial charge < -0.3 is 29.3 Å². The van der Waals surface area contributed by atoms with Crippen molar-refractivity contribution in [2.45, 2.75) is 32.2 Å². The highest BCUT2D eigenvalue weighted by Crippen LogP contribution is 2.33. The first kappa shape index (κ1) is 31.0. The molecule has 1 aromatic carbocycles. The summed E-state index contributed by atoms with van der Waals surface area (Å²) in [4.78, 5) is 38.1. The number of carbonyl (C=O) groups is 1. The van der Waals surface area contributed by atoms with Crippen LogP contribution in [0.3, 0.4) is 0 Å². The molecule has 1 amide bonds. The zero-order valence-electron chi connectivity index (χ0n) is 27.0. The number of anilines is 3. The smallest absolute Gasteiger partial charge is 0.246 e. The number of fused-ring (bicyclic) bond motifs is 5. The van der Waals surface area contributed by atoms with Gasteiger partial charge in [-0.3, -0.25) is 4.79 Å². The summed E-state index contributed by atoms with van der Waals surface area (Å²) in [6.45, 7) is 8.61. The minimum atomic E-state index is 0.0937. The first-order valence-electron chi connectivity index (χ1n) is 15.7. The lowest BCUT2D eigenvalue weighted by Gasteiger charge is -2.43. The van der Waals surface area contributed by atoms with E-state index in [1.807, 2.05) is 85.0 Å². The number of amides is 1. The Morgan fingerprint density at radius 3 is 2.87 bits per heavy atom. The topological polar surface area (TPSA) is 104 Å². The van der Waals surface area contributed by atoms with Crippen LogP contribution in [0.25, 0.3) is 11.0 Å². The quantitative estimate of drug-likeness (QED) is 0.283. The molecule has 1 atom stereocenters. The van der Waals surface area contributed by atoms with E-state index in [0.29, 0.717) is 18.1 Å². The molecule has 2 bridgehead atoms. The van der Waals surface area contributed by atoms with Crippen LogP contribution in [0.4, 0.5) is 17.3 Å². The number of aromatic nitrogens is 4. The summed E-state index contributed by atoms with van der Waals surface area (Å²) >= 11 is 0. The van der Waals surface area contributed by atoms with E-state index < -0.39 is 0 Å². The number of hydrogen-bond acceptors (Lipinski definition) is 9. The molecule has 238 valence electrons. The predicted octanol–water partition coefficient (Wildman–Crippen LogP) is 4.72. The molecule has 1 unspecified atom stereocenters. The number of likely N-dealkylation sites (N-methyl/N-ethyl adjacent to an activating group) is 1. The average Bonchev–Trinajstić information content (AvgIpc) is 3.03. The molecule has 2 aliphatic heterocycles. The fourth-order valence-electron chi connectivity index (χ4n) is 6.07. The van der Waals surface area contributed by atoms with Gasteiger partial charge in [-0.05, 0) is 81.7 Å². The van der Waals surface area contributed by atoms with E-state index in [0.717, 1.165) is 78.2 Å². The van der Waals surface area contributed by atoms with Crippen LogP contribution < -0.4 is 20.4 Å². The van der Waals surface area contributed by atoms with Gasteiger partial charge in [0.05, 0.1) is 5.52 Å². The summed E-state index contributed by atoms with van der Waals surface area (Å²) in [5, 5.41) is 3.47. The van der Waals surface area contributed by atoms with Crippen molar-refractivity contribution >= 4 is 34.3 Å². The fraction of sp³-hybridized carbons (Fsp3) is 0.343. The standard InChI is InChI=1S/C35H41N9O2/c1-6-36-31-21-28(14-16-42(31)5)46-30-13-12-26(19-24(30)2)39-34-33-29(37-23-38-34)20-25-9-7-10-27-22-43(35(25)40-33)17-18-44(27)32(45)11-8-15-41(3)4/h6,8,11-14,16,19-21,23,27H,1,7,9-10,15,17-18,22H2,2-5H3,(H,37,38,39)/b11-8+,36-31?. The summed E-state index contributed by atoms with van der Waals surface area (Å²) in [6, 6.07) is 12.0. The van der Waals surface area contributed by atoms with Gasteiger partial charge in [-0.2, -0.15) is 0 Å². The van der Waals surface area contributed by atoms with Crippen LogP contribution >= 0.6 is 0 Å². The van der Waals surface area contributed by atoms with Crippen LogP contribution in [0.15, 0.2) is 78.8 Å².